The van der Waals surface area contributed by atoms with Crippen molar-refractivity contribution < 1.29 is 9.72 Å². The number of amides is 1. The average molecular weight is 452 g/mol. The summed E-state index contributed by atoms with van der Waals surface area (Å²) in [4.78, 5) is 31.6. The number of nitro groups is 1. The van der Waals surface area contributed by atoms with Crippen LogP contribution in [0.1, 0.15) is 11.1 Å². The number of hydrogen-bond donors (Lipinski definition) is 1. The van der Waals surface area contributed by atoms with E-state index in [4.69, 9.17) is 0 Å². The lowest BCUT2D eigenvalue weighted by Gasteiger charge is -2.11. The fraction of sp³-hybridized carbons (Fsp3) is 0.143. The summed E-state index contributed by atoms with van der Waals surface area (Å²) in [6.45, 7) is 3.92. The van der Waals surface area contributed by atoms with Crippen LogP contribution in [0.5, 0.6) is 0 Å². The zero-order valence-corrected chi connectivity index (χ0v) is 18.3. The van der Waals surface area contributed by atoms with Crippen molar-refractivity contribution in [2.75, 3.05) is 11.1 Å². The second-order valence-electron chi connectivity index (χ2n) is 6.80. The molecule has 1 amide bonds. The molecule has 10 heteroatoms. The molecule has 2 aromatic carbocycles. The van der Waals surface area contributed by atoms with E-state index in [-0.39, 0.29) is 17.3 Å². The van der Waals surface area contributed by atoms with Crippen LogP contribution in [-0.4, -0.2) is 30.9 Å². The molecule has 0 atom stereocenters. The molecule has 0 spiro atoms. The van der Waals surface area contributed by atoms with Crippen molar-refractivity contribution in [1.29, 1.82) is 0 Å². The number of aromatic nitrogens is 3. The number of aryl methyl sites for hydroxylation is 2. The maximum absolute atomic E-state index is 12.5. The number of nitro benzene ring substituents is 1. The highest BCUT2D eigenvalue weighted by Gasteiger charge is 2.17. The molecule has 0 aliphatic rings. The second kappa shape index (κ2) is 8.78. The van der Waals surface area contributed by atoms with E-state index >= 15 is 0 Å². The topological polar surface area (TPSA) is 111 Å². The van der Waals surface area contributed by atoms with Gasteiger partial charge in [0, 0.05) is 23.4 Å². The summed E-state index contributed by atoms with van der Waals surface area (Å²) in [7, 11) is 0. The molecule has 4 aromatic rings. The van der Waals surface area contributed by atoms with Gasteiger partial charge in [0.2, 0.25) is 5.91 Å². The summed E-state index contributed by atoms with van der Waals surface area (Å²) in [5.74, 6) is 0.0826. The number of hydrogen-bond acceptors (Lipinski definition) is 8. The first-order chi connectivity index (χ1) is 14.9. The van der Waals surface area contributed by atoms with Crippen LogP contribution in [0.4, 0.5) is 11.4 Å². The Balaban J connectivity index is 1.53. The zero-order valence-electron chi connectivity index (χ0n) is 16.7. The van der Waals surface area contributed by atoms with E-state index in [1.54, 1.807) is 12.1 Å². The molecule has 1 N–H and O–H groups in total. The van der Waals surface area contributed by atoms with Gasteiger partial charge in [-0.05, 0) is 48.6 Å². The third-order valence-electron chi connectivity index (χ3n) is 4.66. The molecular formula is C21H17N5O3S2. The fourth-order valence-corrected chi connectivity index (χ4v) is 4.82. The van der Waals surface area contributed by atoms with E-state index in [2.05, 4.69) is 19.7 Å². The van der Waals surface area contributed by atoms with Gasteiger partial charge < -0.3 is 5.32 Å². The molecule has 0 saturated heterocycles. The Labute approximate surface area is 186 Å². The van der Waals surface area contributed by atoms with E-state index < -0.39 is 4.92 Å². The molecule has 0 aliphatic heterocycles. The normalized spacial score (nSPS) is 10.9. The van der Waals surface area contributed by atoms with Crippen molar-refractivity contribution >= 4 is 50.8 Å². The maximum atomic E-state index is 12.5. The van der Waals surface area contributed by atoms with Gasteiger partial charge in [-0.15, -0.1) is 0 Å². The van der Waals surface area contributed by atoms with Crippen LogP contribution in [0.3, 0.4) is 0 Å². The van der Waals surface area contributed by atoms with Gasteiger partial charge in [-0.1, -0.05) is 30.0 Å². The number of nitrogens with one attached hydrogen (secondary N) is 1. The van der Waals surface area contributed by atoms with Crippen LogP contribution in [0.25, 0.3) is 21.5 Å². The summed E-state index contributed by atoms with van der Waals surface area (Å²) in [6.07, 6.45) is 1.44. The summed E-state index contributed by atoms with van der Waals surface area (Å²) in [5, 5.41) is 14.5. The molecule has 0 radical (unpaired) electrons. The Hall–Kier alpha value is -3.37. The van der Waals surface area contributed by atoms with Gasteiger partial charge >= 0.3 is 0 Å². The van der Waals surface area contributed by atoms with Gasteiger partial charge in [-0.25, -0.2) is 9.97 Å². The number of carbonyl (C=O) groups is 1. The molecule has 0 unspecified atom stereocenters. The van der Waals surface area contributed by atoms with E-state index in [0.717, 1.165) is 27.1 Å². The van der Waals surface area contributed by atoms with Crippen LogP contribution >= 0.6 is 23.3 Å². The fourth-order valence-electron chi connectivity index (χ4n) is 3.10. The van der Waals surface area contributed by atoms with Crippen molar-refractivity contribution in [3.63, 3.8) is 0 Å². The largest absolute Gasteiger partial charge is 0.325 e. The third kappa shape index (κ3) is 4.39. The van der Waals surface area contributed by atoms with Crippen LogP contribution in [-0.2, 0) is 4.79 Å². The highest BCUT2D eigenvalue weighted by atomic mass is 32.2. The summed E-state index contributed by atoms with van der Waals surface area (Å²) in [5.41, 5.74) is 4.91. The van der Waals surface area contributed by atoms with Crippen molar-refractivity contribution in [2.24, 2.45) is 0 Å². The van der Waals surface area contributed by atoms with Gasteiger partial charge in [-0.3, -0.25) is 14.9 Å². The molecule has 0 saturated carbocycles. The average Bonchev–Trinajstić information content (AvgIpc) is 3.20. The highest BCUT2D eigenvalue weighted by molar-refractivity contribution is 8.00. The van der Waals surface area contributed by atoms with Crippen LogP contribution in [0.2, 0.25) is 0 Å². The first-order valence-electron chi connectivity index (χ1n) is 9.28. The first kappa shape index (κ1) is 20.9. The second-order valence-corrected chi connectivity index (χ2v) is 8.53. The monoisotopic (exact) mass is 451 g/mol. The van der Waals surface area contributed by atoms with Crippen LogP contribution in [0.15, 0.2) is 53.8 Å². The number of rotatable bonds is 6. The minimum Gasteiger partial charge on any atom is -0.325 e. The zero-order chi connectivity index (χ0) is 22.0. The lowest BCUT2D eigenvalue weighted by molar-refractivity contribution is -0.384. The number of para-hydroxylation sites is 1. The van der Waals surface area contributed by atoms with Gasteiger partial charge in [0.15, 0.2) is 0 Å². The molecule has 0 fully saturated rings. The molecule has 2 aromatic heterocycles. The number of thioether (sulfide) groups is 1. The smallest absolute Gasteiger partial charge is 0.269 e. The number of non-ortho nitro benzene ring substituents is 1. The van der Waals surface area contributed by atoms with Crippen molar-refractivity contribution in [3.8, 4) is 11.3 Å². The summed E-state index contributed by atoms with van der Waals surface area (Å²) < 4.78 is 5.25. The minimum atomic E-state index is -0.441. The highest BCUT2D eigenvalue weighted by Crippen LogP contribution is 2.35. The van der Waals surface area contributed by atoms with E-state index in [1.165, 1.54) is 41.8 Å². The minimum absolute atomic E-state index is 0.0176. The van der Waals surface area contributed by atoms with E-state index in [1.807, 2.05) is 32.0 Å². The molecule has 156 valence electrons. The number of anilines is 1. The number of carbonyl (C=O) groups excluding carboxylic acids is 1. The predicted molar refractivity (Wildman–Crippen MR) is 123 cm³/mol. The number of fused-ring (bicyclic) bond motifs is 1. The van der Waals surface area contributed by atoms with Gasteiger partial charge in [-0.2, -0.15) is 4.37 Å². The van der Waals surface area contributed by atoms with Crippen molar-refractivity contribution in [2.45, 2.75) is 18.9 Å². The molecule has 31 heavy (non-hydrogen) atoms. The quantitative estimate of drug-likeness (QED) is 0.190. The molecule has 4 rings (SSSR count). The van der Waals surface area contributed by atoms with Gasteiger partial charge in [0.05, 0.1) is 10.7 Å². The lowest BCUT2D eigenvalue weighted by atomic mass is 10.1. The van der Waals surface area contributed by atoms with Crippen LogP contribution in [0, 0.1) is 24.0 Å². The van der Waals surface area contributed by atoms with Gasteiger partial charge in [0.1, 0.15) is 27.3 Å². The number of benzene rings is 2. The predicted octanol–water partition coefficient (Wildman–Crippen LogP) is 5.01. The third-order valence-corrected chi connectivity index (χ3v) is 6.62. The van der Waals surface area contributed by atoms with E-state index in [9.17, 15) is 14.9 Å². The molecule has 8 nitrogen and oxygen atoms in total. The Morgan fingerprint density at radius 1 is 1.13 bits per heavy atom. The Bertz CT molecular complexity index is 1270. The summed E-state index contributed by atoms with van der Waals surface area (Å²) in [6, 6.07) is 12.1. The Morgan fingerprint density at radius 3 is 2.52 bits per heavy atom. The summed E-state index contributed by atoms with van der Waals surface area (Å²) >= 11 is 2.57. The van der Waals surface area contributed by atoms with Crippen molar-refractivity contribution in [3.05, 3.63) is 70.0 Å². The van der Waals surface area contributed by atoms with E-state index in [0.29, 0.717) is 16.2 Å². The Morgan fingerprint density at radius 2 is 1.84 bits per heavy atom. The number of nitrogens with zero attached hydrogens (tertiary/aromatic N) is 4. The molecule has 0 aliphatic carbocycles. The van der Waals surface area contributed by atoms with Crippen molar-refractivity contribution in [1.82, 2.24) is 14.3 Å². The lowest BCUT2D eigenvalue weighted by Crippen LogP contribution is -2.15. The molecule has 0 bridgehead atoms. The first-order valence-corrected chi connectivity index (χ1v) is 11.0. The standard InChI is InChI=1S/C21H17N5O3S2/c1-12-4-3-5-13(2)17(12)24-16(27)10-30-21-20-19(22-11-23-21)18(25-31-20)14-6-8-15(9-7-14)26(28)29/h3-9,11H,10H2,1-2H3,(H,24,27). The SMILES string of the molecule is Cc1cccc(C)c1NC(=O)CSc1ncnc2c(-c3ccc([N+](=O)[O-])cc3)nsc12. The maximum Gasteiger partial charge on any atom is 0.269 e. The van der Waals surface area contributed by atoms with Crippen LogP contribution < -0.4 is 5.32 Å². The van der Waals surface area contributed by atoms with Gasteiger partial charge in [0.25, 0.3) is 5.69 Å². The molecule has 2 heterocycles. The molecular weight excluding hydrogens is 434 g/mol. The Kier molecular flexibility index (Phi) is 5.92.